The van der Waals surface area contributed by atoms with E-state index in [1.807, 2.05) is 19.9 Å². The van der Waals surface area contributed by atoms with Crippen molar-refractivity contribution in [3.63, 3.8) is 0 Å². The second-order valence-electron chi connectivity index (χ2n) is 6.61. The van der Waals surface area contributed by atoms with Crippen LogP contribution >= 0.6 is 23.4 Å². The molecule has 0 spiro atoms. The average Bonchev–Trinajstić information content (AvgIpc) is 3.15. The first-order valence-electron chi connectivity index (χ1n) is 9.52. The van der Waals surface area contributed by atoms with Crippen molar-refractivity contribution < 1.29 is 14.0 Å². The summed E-state index contributed by atoms with van der Waals surface area (Å²) in [6.45, 7) is 4.43. The molecule has 0 aliphatic carbocycles. The number of rotatable bonds is 8. The van der Waals surface area contributed by atoms with Gasteiger partial charge in [0.15, 0.2) is 11.0 Å². The zero-order chi connectivity index (χ0) is 22.4. The predicted octanol–water partition coefficient (Wildman–Crippen LogP) is 4.06. The van der Waals surface area contributed by atoms with Crippen LogP contribution in [0.3, 0.4) is 0 Å². The van der Waals surface area contributed by atoms with Crippen LogP contribution in [0, 0.1) is 12.7 Å². The fraction of sp³-hybridized carbons (Fsp3) is 0.238. The molecule has 0 atom stereocenters. The van der Waals surface area contributed by atoms with Crippen LogP contribution in [0.4, 0.5) is 10.1 Å². The first kappa shape index (κ1) is 22.8. The molecule has 0 saturated carbocycles. The summed E-state index contributed by atoms with van der Waals surface area (Å²) in [7, 11) is 0. The molecule has 0 aliphatic rings. The molecule has 0 unspecified atom stereocenters. The van der Waals surface area contributed by atoms with Crippen molar-refractivity contribution in [3.05, 3.63) is 70.3 Å². The van der Waals surface area contributed by atoms with E-state index in [2.05, 4.69) is 20.8 Å². The van der Waals surface area contributed by atoms with Crippen molar-refractivity contribution in [3.8, 4) is 0 Å². The van der Waals surface area contributed by atoms with E-state index in [1.165, 1.54) is 30.0 Å². The van der Waals surface area contributed by atoms with Gasteiger partial charge in [-0.25, -0.2) is 4.39 Å². The summed E-state index contributed by atoms with van der Waals surface area (Å²) in [6, 6.07) is 11.1. The van der Waals surface area contributed by atoms with Gasteiger partial charge >= 0.3 is 0 Å². The average molecular weight is 462 g/mol. The Labute approximate surface area is 188 Å². The van der Waals surface area contributed by atoms with E-state index >= 15 is 0 Å². The predicted molar refractivity (Wildman–Crippen MR) is 119 cm³/mol. The molecule has 2 N–H and O–H groups in total. The summed E-state index contributed by atoms with van der Waals surface area (Å²) in [6.07, 6.45) is 0. The van der Waals surface area contributed by atoms with E-state index in [4.69, 9.17) is 11.6 Å². The maximum atomic E-state index is 13.7. The Hall–Kier alpha value is -2.91. The molecule has 3 aromatic rings. The molecule has 162 valence electrons. The first-order valence-corrected chi connectivity index (χ1v) is 10.9. The Morgan fingerprint density at radius 3 is 2.68 bits per heavy atom. The lowest BCUT2D eigenvalue weighted by Gasteiger charge is -2.09. The molecule has 31 heavy (non-hydrogen) atoms. The van der Waals surface area contributed by atoms with Gasteiger partial charge in [0.25, 0.3) is 5.91 Å². The van der Waals surface area contributed by atoms with Crippen LogP contribution in [0.25, 0.3) is 0 Å². The molecular formula is C21H21ClFN5O2S. The fourth-order valence-corrected chi connectivity index (χ4v) is 3.77. The van der Waals surface area contributed by atoms with Gasteiger partial charge in [-0.1, -0.05) is 41.6 Å². The maximum absolute atomic E-state index is 13.7. The minimum atomic E-state index is -0.589. The highest BCUT2D eigenvalue weighted by atomic mass is 35.5. The van der Waals surface area contributed by atoms with Crippen LogP contribution in [0.1, 0.15) is 28.7 Å². The first-order chi connectivity index (χ1) is 14.9. The molecule has 1 heterocycles. The van der Waals surface area contributed by atoms with Crippen molar-refractivity contribution in [1.82, 2.24) is 20.1 Å². The van der Waals surface area contributed by atoms with Crippen molar-refractivity contribution in [1.29, 1.82) is 0 Å². The molecule has 0 bridgehead atoms. The maximum Gasteiger partial charge on any atom is 0.254 e. The van der Waals surface area contributed by atoms with E-state index < -0.39 is 11.7 Å². The third kappa shape index (κ3) is 5.83. The van der Waals surface area contributed by atoms with E-state index in [0.717, 1.165) is 5.56 Å². The van der Waals surface area contributed by atoms with Gasteiger partial charge in [0.1, 0.15) is 5.82 Å². The van der Waals surface area contributed by atoms with Crippen LogP contribution in [-0.2, 0) is 17.9 Å². The lowest BCUT2D eigenvalue weighted by Crippen LogP contribution is -2.25. The number of benzene rings is 2. The Kier molecular flexibility index (Phi) is 7.64. The number of anilines is 1. The highest BCUT2D eigenvalue weighted by Gasteiger charge is 2.16. The standard InChI is InChI=1S/C21H21ClFN5O2S/c1-3-28-18(11-24-20(30)15-6-4-5-7-17(15)23)26-27-21(28)31-12-19(29)25-14-9-8-13(2)16(22)10-14/h4-10H,3,11-12H2,1-2H3,(H,24,30)(H,25,29). The number of hydrogen-bond acceptors (Lipinski definition) is 5. The summed E-state index contributed by atoms with van der Waals surface area (Å²) in [5.41, 5.74) is 1.52. The number of nitrogens with zero attached hydrogens (tertiary/aromatic N) is 3. The number of aryl methyl sites for hydroxylation is 1. The number of aromatic nitrogens is 3. The highest BCUT2D eigenvalue weighted by molar-refractivity contribution is 7.99. The minimum absolute atomic E-state index is 0.0347. The third-order valence-corrected chi connectivity index (χ3v) is 5.80. The summed E-state index contributed by atoms with van der Waals surface area (Å²) >= 11 is 7.32. The molecule has 0 saturated heterocycles. The van der Waals surface area contributed by atoms with Crippen LogP contribution in [-0.4, -0.2) is 32.3 Å². The van der Waals surface area contributed by atoms with Gasteiger partial charge in [0, 0.05) is 17.3 Å². The lowest BCUT2D eigenvalue weighted by molar-refractivity contribution is -0.113. The van der Waals surface area contributed by atoms with E-state index in [0.29, 0.717) is 28.2 Å². The van der Waals surface area contributed by atoms with Gasteiger partial charge < -0.3 is 15.2 Å². The second-order valence-corrected chi connectivity index (χ2v) is 7.96. The second kappa shape index (κ2) is 10.4. The van der Waals surface area contributed by atoms with Crippen LogP contribution in [0.5, 0.6) is 0 Å². The van der Waals surface area contributed by atoms with Gasteiger partial charge in [-0.05, 0) is 43.7 Å². The molecule has 0 radical (unpaired) electrons. The zero-order valence-corrected chi connectivity index (χ0v) is 18.6. The molecule has 0 fully saturated rings. The number of carbonyl (C=O) groups excluding carboxylic acids is 2. The highest BCUT2D eigenvalue weighted by Crippen LogP contribution is 2.21. The normalized spacial score (nSPS) is 10.7. The topological polar surface area (TPSA) is 88.9 Å². The van der Waals surface area contributed by atoms with Gasteiger partial charge in [0.2, 0.25) is 5.91 Å². The van der Waals surface area contributed by atoms with Gasteiger partial charge in [-0.15, -0.1) is 10.2 Å². The van der Waals surface area contributed by atoms with E-state index in [-0.39, 0.29) is 23.8 Å². The Morgan fingerprint density at radius 1 is 1.19 bits per heavy atom. The molecule has 7 nitrogen and oxygen atoms in total. The van der Waals surface area contributed by atoms with Crippen LogP contribution in [0.15, 0.2) is 47.6 Å². The zero-order valence-electron chi connectivity index (χ0n) is 17.0. The Bertz CT molecular complexity index is 1110. The van der Waals surface area contributed by atoms with Crippen molar-refractivity contribution in [2.45, 2.75) is 32.1 Å². The Morgan fingerprint density at radius 2 is 1.97 bits per heavy atom. The number of thioether (sulfide) groups is 1. The van der Waals surface area contributed by atoms with Gasteiger partial charge in [-0.2, -0.15) is 0 Å². The fourth-order valence-electron chi connectivity index (χ4n) is 2.77. The molecule has 2 aromatic carbocycles. The molecule has 2 amide bonds. The lowest BCUT2D eigenvalue weighted by atomic mass is 10.2. The number of halogens is 2. The molecule has 3 rings (SSSR count). The summed E-state index contributed by atoms with van der Waals surface area (Å²) < 4.78 is 15.5. The summed E-state index contributed by atoms with van der Waals surface area (Å²) in [5, 5.41) is 14.8. The van der Waals surface area contributed by atoms with E-state index in [9.17, 15) is 14.0 Å². The van der Waals surface area contributed by atoms with Crippen molar-refractivity contribution >= 4 is 40.9 Å². The summed E-state index contributed by atoms with van der Waals surface area (Å²) in [5.74, 6) is -0.681. The largest absolute Gasteiger partial charge is 0.345 e. The van der Waals surface area contributed by atoms with Crippen molar-refractivity contribution in [2.24, 2.45) is 0 Å². The Balaban J connectivity index is 1.58. The van der Waals surface area contributed by atoms with E-state index in [1.54, 1.807) is 22.8 Å². The monoisotopic (exact) mass is 461 g/mol. The van der Waals surface area contributed by atoms with Crippen LogP contribution in [0.2, 0.25) is 5.02 Å². The molecule has 1 aromatic heterocycles. The molecular weight excluding hydrogens is 441 g/mol. The minimum Gasteiger partial charge on any atom is -0.345 e. The summed E-state index contributed by atoms with van der Waals surface area (Å²) in [4.78, 5) is 24.5. The third-order valence-electron chi connectivity index (χ3n) is 4.42. The molecule has 10 heteroatoms. The van der Waals surface area contributed by atoms with Gasteiger partial charge in [0.05, 0.1) is 17.9 Å². The quantitative estimate of drug-likeness (QED) is 0.494. The van der Waals surface area contributed by atoms with Gasteiger partial charge in [-0.3, -0.25) is 9.59 Å². The smallest absolute Gasteiger partial charge is 0.254 e. The number of amides is 2. The van der Waals surface area contributed by atoms with Crippen LogP contribution < -0.4 is 10.6 Å². The SMILES string of the molecule is CCn1c(CNC(=O)c2ccccc2F)nnc1SCC(=O)Nc1ccc(C)c(Cl)c1. The number of nitrogens with one attached hydrogen (secondary N) is 2. The number of hydrogen-bond donors (Lipinski definition) is 2. The van der Waals surface area contributed by atoms with Crippen molar-refractivity contribution in [2.75, 3.05) is 11.1 Å². The number of carbonyl (C=O) groups is 2. The molecule has 0 aliphatic heterocycles.